The van der Waals surface area contributed by atoms with Crippen molar-refractivity contribution in [3.05, 3.63) is 67.6 Å². The number of aromatic amines is 1. The predicted octanol–water partition coefficient (Wildman–Crippen LogP) is 3.31. The highest BCUT2D eigenvalue weighted by molar-refractivity contribution is 5.83. The van der Waals surface area contributed by atoms with Crippen LogP contribution in [0.15, 0.2) is 50.8 Å². The number of aromatic nitrogens is 5. The zero-order valence-corrected chi connectivity index (χ0v) is 18.4. The third kappa shape index (κ3) is 4.12. The molecular formula is C24H27N5O3. The lowest BCUT2D eigenvalue weighted by atomic mass is 10.1. The van der Waals surface area contributed by atoms with Crippen LogP contribution in [0.2, 0.25) is 0 Å². The molecule has 2 aliphatic rings. The molecule has 2 aliphatic heterocycles. The molecule has 0 radical (unpaired) electrons. The molecule has 0 amide bonds. The Kier molecular flexibility index (Phi) is 6.30. The average molecular weight is 434 g/mol. The molecule has 0 atom stereocenters. The number of rotatable bonds is 8. The normalized spacial score (nSPS) is 11.4. The van der Waals surface area contributed by atoms with Gasteiger partial charge in [0.05, 0.1) is 10.9 Å². The Hall–Kier alpha value is -3.55. The summed E-state index contributed by atoms with van der Waals surface area (Å²) in [6.45, 7) is 2.70. The molecule has 4 rings (SSSR count). The molecule has 0 bridgehead atoms. The van der Waals surface area contributed by atoms with Gasteiger partial charge in [-0.2, -0.15) is 4.98 Å². The van der Waals surface area contributed by atoms with E-state index in [4.69, 9.17) is 4.98 Å². The maximum atomic E-state index is 13.0. The lowest BCUT2D eigenvalue weighted by Gasteiger charge is -2.17. The van der Waals surface area contributed by atoms with Crippen molar-refractivity contribution in [1.82, 2.24) is 24.1 Å². The summed E-state index contributed by atoms with van der Waals surface area (Å²) in [4.78, 5) is 49.8. The van der Waals surface area contributed by atoms with Gasteiger partial charge >= 0.3 is 5.69 Å². The fraction of sp³-hybridized carbons (Fsp3) is 0.375. The Labute approximate surface area is 184 Å². The van der Waals surface area contributed by atoms with E-state index in [1.54, 1.807) is 4.57 Å². The Bertz CT molecular complexity index is 1390. The molecule has 0 fully saturated rings. The summed E-state index contributed by atoms with van der Waals surface area (Å²) < 4.78 is 2.72. The number of hydrogen-bond donors (Lipinski definition) is 1. The molecule has 0 unspecified atom stereocenters. The molecule has 32 heavy (non-hydrogen) atoms. The molecule has 1 aromatic carbocycles. The van der Waals surface area contributed by atoms with Crippen LogP contribution in [-0.2, 0) is 13.6 Å². The van der Waals surface area contributed by atoms with Crippen molar-refractivity contribution in [2.45, 2.75) is 52.0 Å². The molecule has 166 valence electrons. The van der Waals surface area contributed by atoms with Gasteiger partial charge in [0.2, 0.25) is 0 Å². The minimum absolute atomic E-state index is 0.241. The number of pyridine rings is 1. The number of nitrogens with one attached hydrogen (secondary N) is 1. The van der Waals surface area contributed by atoms with Crippen LogP contribution in [0.4, 0.5) is 0 Å². The van der Waals surface area contributed by atoms with Gasteiger partial charge in [0.1, 0.15) is 11.5 Å². The van der Waals surface area contributed by atoms with E-state index >= 15 is 0 Å². The van der Waals surface area contributed by atoms with Crippen LogP contribution in [-0.4, -0.2) is 24.1 Å². The first-order valence-electron chi connectivity index (χ1n) is 11.1. The van der Waals surface area contributed by atoms with Gasteiger partial charge in [-0.1, -0.05) is 69.4 Å². The van der Waals surface area contributed by atoms with E-state index in [0.717, 1.165) is 29.4 Å². The number of benzene rings is 1. The standard InChI is InChI=1S/C24H27N5O3/c1-3-4-5-6-7-11-14-29-20-17(15-18-21(29)27-24(32)28(2)23(18)31)22(30)26-19(25-20)16-12-9-8-10-13-16/h8-10,12-13,15H,3-7,11,14H2,1-2H3,(H,25,26,30). The zero-order chi connectivity index (χ0) is 22.7. The van der Waals surface area contributed by atoms with Crippen molar-refractivity contribution in [3.8, 4) is 22.8 Å². The highest BCUT2D eigenvalue weighted by Gasteiger charge is 2.21. The van der Waals surface area contributed by atoms with Crippen molar-refractivity contribution in [3.63, 3.8) is 0 Å². The van der Waals surface area contributed by atoms with Gasteiger partial charge in [0, 0.05) is 19.2 Å². The molecule has 8 heteroatoms. The predicted molar refractivity (Wildman–Crippen MR) is 125 cm³/mol. The first-order chi connectivity index (χ1) is 15.5. The molecule has 1 aromatic heterocycles. The number of H-pyrrole nitrogens is 1. The van der Waals surface area contributed by atoms with Crippen LogP contribution >= 0.6 is 0 Å². The number of nitrogens with zero attached hydrogens (tertiary/aromatic N) is 4. The highest BCUT2D eigenvalue weighted by Crippen LogP contribution is 2.23. The molecular weight excluding hydrogens is 406 g/mol. The Morgan fingerprint density at radius 3 is 2.41 bits per heavy atom. The second kappa shape index (κ2) is 9.30. The van der Waals surface area contributed by atoms with Gasteiger partial charge in [-0.05, 0) is 12.5 Å². The molecule has 2 aromatic rings. The molecule has 0 spiro atoms. The van der Waals surface area contributed by atoms with E-state index in [1.165, 1.54) is 32.4 Å². The smallest absolute Gasteiger partial charge is 0.309 e. The van der Waals surface area contributed by atoms with E-state index in [0.29, 0.717) is 23.4 Å². The highest BCUT2D eigenvalue weighted by atomic mass is 16.2. The topological polar surface area (TPSA) is 103 Å². The summed E-state index contributed by atoms with van der Waals surface area (Å²) in [6.07, 6.45) is 6.52. The van der Waals surface area contributed by atoms with Crippen molar-refractivity contribution in [1.29, 1.82) is 0 Å². The molecule has 0 aliphatic carbocycles. The van der Waals surface area contributed by atoms with Gasteiger partial charge in [-0.15, -0.1) is 0 Å². The van der Waals surface area contributed by atoms with Crippen molar-refractivity contribution >= 4 is 11.0 Å². The minimum Gasteiger partial charge on any atom is -0.309 e. The van der Waals surface area contributed by atoms with Gasteiger partial charge in [0.15, 0.2) is 5.82 Å². The van der Waals surface area contributed by atoms with Crippen LogP contribution in [0.5, 0.6) is 0 Å². The van der Waals surface area contributed by atoms with Gasteiger partial charge in [-0.3, -0.25) is 14.2 Å². The van der Waals surface area contributed by atoms with E-state index in [1.807, 2.05) is 30.3 Å². The third-order valence-corrected chi connectivity index (χ3v) is 5.78. The van der Waals surface area contributed by atoms with E-state index in [9.17, 15) is 14.4 Å². The van der Waals surface area contributed by atoms with Crippen LogP contribution < -0.4 is 16.8 Å². The first kappa shape index (κ1) is 21.7. The summed E-state index contributed by atoms with van der Waals surface area (Å²) in [5.41, 5.74) is 0.0239. The summed E-state index contributed by atoms with van der Waals surface area (Å²) in [5, 5.41) is 0.306. The maximum Gasteiger partial charge on any atom is 0.352 e. The van der Waals surface area contributed by atoms with Crippen LogP contribution in [0.25, 0.3) is 33.8 Å². The number of aryl methyl sites for hydroxylation is 1. The number of hydrogen-bond acceptors (Lipinski definition) is 5. The lowest BCUT2D eigenvalue weighted by Crippen LogP contribution is -2.36. The minimum atomic E-state index is -0.619. The lowest BCUT2D eigenvalue weighted by molar-refractivity contribution is 0.560. The molecule has 3 heterocycles. The zero-order valence-electron chi connectivity index (χ0n) is 18.4. The molecule has 0 saturated carbocycles. The third-order valence-electron chi connectivity index (χ3n) is 5.78. The van der Waals surface area contributed by atoms with Crippen molar-refractivity contribution in [2.24, 2.45) is 7.05 Å². The number of fused-ring (bicyclic) bond motifs is 2. The Morgan fingerprint density at radius 1 is 0.938 bits per heavy atom. The maximum absolute atomic E-state index is 13.0. The fourth-order valence-electron chi connectivity index (χ4n) is 3.97. The van der Waals surface area contributed by atoms with Crippen LogP contribution in [0.1, 0.15) is 45.4 Å². The summed E-state index contributed by atoms with van der Waals surface area (Å²) >= 11 is 0. The van der Waals surface area contributed by atoms with Gasteiger partial charge in [0.25, 0.3) is 11.1 Å². The average Bonchev–Trinajstić information content (AvgIpc) is 2.80. The molecule has 0 saturated heterocycles. The Balaban J connectivity index is 1.90. The second-order valence-corrected chi connectivity index (χ2v) is 8.08. The Morgan fingerprint density at radius 2 is 1.66 bits per heavy atom. The first-order valence-corrected chi connectivity index (χ1v) is 11.1. The van der Waals surface area contributed by atoms with Crippen LogP contribution in [0, 0.1) is 0 Å². The van der Waals surface area contributed by atoms with Crippen LogP contribution in [0.3, 0.4) is 0 Å². The summed E-state index contributed by atoms with van der Waals surface area (Å²) in [7, 11) is 1.39. The van der Waals surface area contributed by atoms with Gasteiger partial charge < -0.3 is 9.55 Å². The van der Waals surface area contributed by atoms with Crippen molar-refractivity contribution < 1.29 is 0 Å². The molecule has 1 N–H and O–H groups in total. The summed E-state index contributed by atoms with van der Waals surface area (Å²) in [5.74, 6) is 0.710. The SMILES string of the molecule is CCCCCCCCn1c2nc(=O)n(C)c(=O)c-2cc2c(=O)[nH]c(-c3ccccc3)nc21. The van der Waals surface area contributed by atoms with Crippen molar-refractivity contribution in [2.75, 3.05) is 0 Å². The fourth-order valence-corrected chi connectivity index (χ4v) is 3.97. The van der Waals surface area contributed by atoms with Gasteiger partial charge in [-0.25, -0.2) is 9.78 Å². The summed E-state index contributed by atoms with van der Waals surface area (Å²) in [6, 6.07) is 10.9. The monoisotopic (exact) mass is 433 g/mol. The van der Waals surface area contributed by atoms with E-state index in [2.05, 4.69) is 16.9 Å². The quantitative estimate of drug-likeness (QED) is 0.339. The second-order valence-electron chi connectivity index (χ2n) is 8.08. The van der Waals surface area contributed by atoms with E-state index < -0.39 is 11.2 Å². The molecule has 8 nitrogen and oxygen atoms in total. The number of unbranched alkanes of at least 4 members (excludes halogenated alkanes) is 5. The largest absolute Gasteiger partial charge is 0.352 e. The van der Waals surface area contributed by atoms with E-state index in [-0.39, 0.29) is 16.9 Å².